The van der Waals surface area contributed by atoms with Gasteiger partial charge in [0.2, 0.25) is 5.91 Å². The first kappa shape index (κ1) is 15.9. The van der Waals surface area contributed by atoms with Crippen LogP contribution in [0.5, 0.6) is 0 Å². The maximum absolute atomic E-state index is 11.2. The highest BCUT2D eigenvalue weighted by Crippen LogP contribution is 2.21. The highest BCUT2D eigenvalue weighted by atomic mass is 16.5. The number of β-amino-alcohol motifs (C(OH)–C–C–N with tert-alkyl or cyclic N) is 1. The van der Waals surface area contributed by atoms with Gasteiger partial charge in [-0.15, -0.1) is 0 Å². The van der Waals surface area contributed by atoms with Gasteiger partial charge in [0.1, 0.15) is 5.60 Å². The highest BCUT2D eigenvalue weighted by Gasteiger charge is 2.34. The predicted octanol–water partition coefficient (Wildman–Crippen LogP) is 0.673. The smallest absolute Gasteiger partial charge is 0.220 e. The van der Waals surface area contributed by atoms with Gasteiger partial charge in [0.25, 0.3) is 0 Å². The molecule has 0 aliphatic carbocycles. The first-order chi connectivity index (χ1) is 11.1. The molecular weight excluding hydrogens is 294 g/mol. The molecule has 3 rings (SSSR count). The van der Waals surface area contributed by atoms with E-state index >= 15 is 0 Å². The van der Waals surface area contributed by atoms with Crippen molar-refractivity contribution in [3.63, 3.8) is 0 Å². The third-order valence-corrected chi connectivity index (χ3v) is 4.05. The number of hydrogen-bond donors (Lipinski definition) is 2. The van der Waals surface area contributed by atoms with Crippen molar-refractivity contribution >= 4 is 16.8 Å². The third-order valence-electron chi connectivity index (χ3n) is 4.05. The molecule has 0 saturated carbocycles. The van der Waals surface area contributed by atoms with E-state index in [1.807, 2.05) is 30.3 Å². The maximum Gasteiger partial charge on any atom is 0.220 e. The van der Waals surface area contributed by atoms with E-state index in [0.717, 1.165) is 16.5 Å². The van der Waals surface area contributed by atoms with Crippen molar-refractivity contribution in [2.24, 2.45) is 5.73 Å². The van der Waals surface area contributed by atoms with Crippen molar-refractivity contribution < 1.29 is 14.6 Å². The van der Waals surface area contributed by atoms with E-state index in [4.69, 9.17) is 10.5 Å². The van der Waals surface area contributed by atoms with Crippen LogP contribution < -0.4 is 5.73 Å². The summed E-state index contributed by atoms with van der Waals surface area (Å²) in [5.41, 5.74) is 6.06. The lowest BCUT2D eigenvalue weighted by atomic mass is 9.99. The van der Waals surface area contributed by atoms with E-state index in [9.17, 15) is 9.90 Å². The van der Waals surface area contributed by atoms with E-state index in [2.05, 4.69) is 9.88 Å². The van der Waals surface area contributed by atoms with E-state index in [1.54, 1.807) is 6.20 Å². The number of aliphatic hydroxyl groups is 1. The minimum Gasteiger partial charge on any atom is -0.386 e. The molecule has 6 heteroatoms. The molecule has 6 nitrogen and oxygen atoms in total. The summed E-state index contributed by atoms with van der Waals surface area (Å²) in [6, 6.07) is 10.0. The molecule has 2 aromatic rings. The third kappa shape index (κ3) is 3.85. The number of fused-ring (bicyclic) bond motifs is 1. The Morgan fingerprint density at radius 2 is 2.22 bits per heavy atom. The molecule has 0 spiro atoms. The van der Waals surface area contributed by atoms with E-state index in [-0.39, 0.29) is 13.0 Å². The average molecular weight is 315 g/mol. The van der Waals surface area contributed by atoms with Gasteiger partial charge >= 0.3 is 0 Å². The summed E-state index contributed by atoms with van der Waals surface area (Å²) in [6.07, 6.45) is 1.68. The number of nitrogens with two attached hydrogens (primary N) is 1. The summed E-state index contributed by atoms with van der Waals surface area (Å²) >= 11 is 0. The van der Waals surface area contributed by atoms with Crippen LogP contribution in [-0.4, -0.2) is 52.8 Å². The second-order valence-corrected chi connectivity index (χ2v) is 6.12. The molecule has 1 fully saturated rings. The molecule has 0 unspecified atom stereocenters. The lowest BCUT2D eigenvalue weighted by Gasteiger charge is -2.29. The zero-order valence-electron chi connectivity index (χ0n) is 12.9. The molecule has 1 aliphatic heterocycles. The molecule has 3 N–H and O–H groups in total. The van der Waals surface area contributed by atoms with E-state index in [0.29, 0.717) is 26.2 Å². The largest absolute Gasteiger partial charge is 0.386 e. The monoisotopic (exact) mass is 315 g/mol. The molecule has 1 aliphatic rings. The normalized spacial score (nSPS) is 22.8. The summed E-state index contributed by atoms with van der Waals surface area (Å²) in [5, 5.41) is 11.7. The van der Waals surface area contributed by atoms with Crippen LogP contribution in [0.4, 0.5) is 0 Å². The quantitative estimate of drug-likeness (QED) is 0.866. The van der Waals surface area contributed by atoms with Crippen molar-refractivity contribution in [3.8, 4) is 0 Å². The van der Waals surface area contributed by atoms with E-state index < -0.39 is 11.5 Å². The zero-order valence-corrected chi connectivity index (χ0v) is 12.9. The number of primary amides is 1. The molecule has 1 amide bonds. The second-order valence-electron chi connectivity index (χ2n) is 6.12. The number of pyridine rings is 1. The van der Waals surface area contributed by atoms with E-state index in [1.165, 1.54) is 0 Å². The van der Waals surface area contributed by atoms with Crippen LogP contribution in [0.15, 0.2) is 36.5 Å². The van der Waals surface area contributed by atoms with Gasteiger partial charge in [-0.25, -0.2) is 0 Å². The number of nitrogens with zero attached hydrogens (tertiary/aromatic N) is 2. The molecule has 2 heterocycles. The molecule has 0 bridgehead atoms. The molecule has 1 aromatic carbocycles. The minimum atomic E-state index is -1.24. The summed E-state index contributed by atoms with van der Waals surface area (Å²) in [6.45, 7) is 2.31. The number of aromatic nitrogens is 1. The van der Waals surface area contributed by atoms with Crippen LogP contribution in [0, 0.1) is 0 Å². The van der Waals surface area contributed by atoms with Gasteiger partial charge in [0, 0.05) is 31.2 Å². The number of benzene rings is 1. The number of carbonyl (C=O) groups excluding carboxylic acids is 1. The standard InChI is InChI=1S/C17H21N3O3/c18-15(21)9-17(22)11-20(7-8-23-12-17)10-14-4-1-3-13-5-2-6-19-16(13)14/h1-6,22H,7-12H2,(H2,18,21)/t17-/m1/s1. The summed E-state index contributed by atoms with van der Waals surface area (Å²) in [4.78, 5) is 17.7. The average Bonchev–Trinajstić information content (AvgIpc) is 2.68. The van der Waals surface area contributed by atoms with Crippen molar-refractivity contribution in [1.82, 2.24) is 9.88 Å². The van der Waals surface area contributed by atoms with Crippen molar-refractivity contribution in [1.29, 1.82) is 0 Å². The molecule has 122 valence electrons. The Bertz CT molecular complexity index is 701. The SMILES string of the molecule is NC(=O)C[C@]1(O)COCCN(Cc2cccc3cccnc23)C1. The molecule has 23 heavy (non-hydrogen) atoms. The number of amides is 1. The maximum atomic E-state index is 11.2. The highest BCUT2D eigenvalue weighted by molar-refractivity contribution is 5.81. The van der Waals surface area contributed by atoms with Crippen LogP contribution in [0.25, 0.3) is 10.9 Å². The molecule has 1 saturated heterocycles. The number of para-hydroxylation sites is 1. The van der Waals surface area contributed by atoms with Crippen LogP contribution >= 0.6 is 0 Å². The number of ether oxygens (including phenoxy) is 1. The van der Waals surface area contributed by atoms with Crippen LogP contribution in [0.2, 0.25) is 0 Å². The van der Waals surface area contributed by atoms with Gasteiger partial charge in [-0.05, 0) is 11.6 Å². The first-order valence-corrected chi connectivity index (χ1v) is 7.69. The van der Waals surface area contributed by atoms with Crippen molar-refractivity contribution in [2.75, 3.05) is 26.3 Å². The Morgan fingerprint density at radius 3 is 3.04 bits per heavy atom. The number of rotatable bonds is 4. The Morgan fingerprint density at radius 1 is 1.39 bits per heavy atom. The zero-order chi connectivity index (χ0) is 16.3. The molecular formula is C17H21N3O3. The second kappa shape index (κ2) is 6.62. The fraction of sp³-hybridized carbons (Fsp3) is 0.412. The van der Waals surface area contributed by atoms with Gasteiger partial charge in [-0.3, -0.25) is 14.7 Å². The minimum absolute atomic E-state index is 0.0999. The fourth-order valence-corrected chi connectivity index (χ4v) is 3.10. The summed E-state index contributed by atoms with van der Waals surface area (Å²) in [5.74, 6) is -0.523. The Hall–Kier alpha value is -2.02. The summed E-state index contributed by atoms with van der Waals surface area (Å²) in [7, 11) is 0. The number of carbonyl (C=O) groups is 1. The van der Waals surface area contributed by atoms with Crippen LogP contribution in [0.3, 0.4) is 0 Å². The first-order valence-electron chi connectivity index (χ1n) is 7.69. The topological polar surface area (TPSA) is 88.7 Å². The van der Waals surface area contributed by atoms with Crippen molar-refractivity contribution in [3.05, 3.63) is 42.1 Å². The van der Waals surface area contributed by atoms with Gasteiger partial charge < -0.3 is 15.6 Å². The van der Waals surface area contributed by atoms with Crippen LogP contribution in [-0.2, 0) is 16.1 Å². The molecule has 1 atom stereocenters. The van der Waals surface area contributed by atoms with Gasteiger partial charge in [-0.2, -0.15) is 0 Å². The van der Waals surface area contributed by atoms with Crippen molar-refractivity contribution in [2.45, 2.75) is 18.6 Å². The fourth-order valence-electron chi connectivity index (χ4n) is 3.10. The lowest BCUT2D eigenvalue weighted by Crippen LogP contribution is -2.46. The predicted molar refractivity (Wildman–Crippen MR) is 86.6 cm³/mol. The van der Waals surface area contributed by atoms with Gasteiger partial charge in [0.15, 0.2) is 0 Å². The summed E-state index contributed by atoms with van der Waals surface area (Å²) < 4.78 is 5.45. The Kier molecular flexibility index (Phi) is 4.56. The Balaban J connectivity index is 1.81. The van der Waals surface area contributed by atoms with Crippen LogP contribution in [0.1, 0.15) is 12.0 Å². The van der Waals surface area contributed by atoms with Gasteiger partial charge in [0.05, 0.1) is 25.2 Å². The number of hydrogen-bond acceptors (Lipinski definition) is 5. The Labute approximate surface area is 134 Å². The molecule has 1 aromatic heterocycles. The lowest BCUT2D eigenvalue weighted by molar-refractivity contribution is -0.125. The molecule has 0 radical (unpaired) electrons. The van der Waals surface area contributed by atoms with Gasteiger partial charge in [-0.1, -0.05) is 24.3 Å².